The third-order valence-corrected chi connectivity index (χ3v) is 4.01. The third-order valence-electron chi connectivity index (χ3n) is 1.49. The predicted octanol–water partition coefficient (Wildman–Crippen LogP) is 1.09. The molecule has 0 rings (SSSR count). The van der Waals surface area contributed by atoms with Crippen LogP contribution in [0.3, 0.4) is 0 Å². The molecule has 0 aliphatic rings. The summed E-state index contributed by atoms with van der Waals surface area (Å²) in [5, 5.41) is 0. The van der Waals surface area contributed by atoms with Gasteiger partial charge in [-0.15, -0.1) is 0 Å². The van der Waals surface area contributed by atoms with Crippen molar-refractivity contribution in [1.29, 1.82) is 0 Å². The standard InChI is InChI=1S/C9H20NO5Si/c1-5-12-9(11)10-16(13-6-2,14-7-3)15-8-4/h1,5-8H2,2-4H3,(H,10,11). The molecule has 1 N–H and O–H groups in total. The van der Waals surface area contributed by atoms with Crippen molar-refractivity contribution in [1.82, 2.24) is 4.98 Å². The summed E-state index contributed by atoms with van der Waals surface area (Å²) in [6.07, 6.45) is -0.642. The molecule has 95 valence electrons. The molecular weight excluding hydrogens is 230 g/mol. The molecule has 0 unspecified atom stereocenters. The van der Waals surface area contributed by atoms with E-state index in [1.165, 1.54) is 0 Å². The van der Waals surface area contributed by atoms with Crippen LogP contribution in [-0.4, -0.2) is 41.5 Å². The Morgan fingerprint density at radius 2 is 1.56 bits per heavy atom. The highest BCUT2D eigenvalue weighted by atomic mass is 28.4. The lowest BCUT2D eigenvalue weighted by Gasteiger charge is -2.27. The van der Waals surface area contributed by atoms with Crippen molar-refractivity contribution in [2.75, 3.05) is 26.4 Å². The summed E-state index contributed by atoms with van der Waals surface area (Å²) in [7, 11) is -3.15. The zero-order valence-electron chi connectivity index (χ0n) is 10.1. The number of nitrogens with one attached hydrogen (secondary N) is 1. The van der Waals surface area contributed by atoms with Crippen LogP contribution in [0.2, 0.25) is 0 Å². The van der Waals surface area contributed by atoms with E-state index in [2.05, 4.69) is 16.6 Å². The van der Waals surface area contributed by atoms with Gasteiger partial charge in [0, 0.05) is 19.8 Å². The first kappa shape index (κ1) is 15.4. The molecule has 0 fully saturated rings. The highest BCUT2D eigenvalue weighted by molar-refractivity contribution is 6.60. The highest BCUT2D eigenvalue weighted by Gasteiger charge is 2.44. The summed E-state index contributed by atoms with van der Waals surface area (Å²) in [5.74, 6) is 0. The van der Waals surface area contributed by atoms with Gasteiger partial charge in [0.05, 0.1) is 6.61 Å². The third kappa shape index (κ3) is 5.45. The molecule has 0 heterocycles. The Morgan fingerprint density at radius 1 is 1.12 bits per heavy atom. The van der Waals surface area contributed by atoms with Crippen LogP contribution in [0.25, 0.3) is 0 Å². The van der Waals surface area contributed by atoms with Crippen LogP contribution < -0.4 is 4.98 Å². The largest absolute Gasteiger partial charge is 0.636 e. The summed E-state index contributed by atoms with van der Waals surface area (Å²) >= 11 is 0. The Bertz CT molecular complexity index is 185. The maximum Gasteiger partial charge on any atom is 0.636 e. The zero-order valence-corrected chi connectivity index (χ0v) is 11.1. The first-order chi connectivity index (χ1) is 7.64. The summed E-state index contributed by atoms with van der Waals surface area (Å²) in [6, 6.07) is 0. The molecule has 7 heteroatoms. The van der Waals surface area contributed by atoms with Gasteiger partial charge in [0.2, 0.25) is 0 Å². The molecule has 0 aromatic rings. The molecule has 0 saturated heterocycles. The van der Waals surface area contributed by atoms with Crippen LogP contribution in [0.5, 0.6) is 0 Å². The molecule has 16 heavy (non-hydrogen) atoms. The summed E-state index contributed by atoms with van der Waals surface area (Å²) in [5.41, 5.74) is 0. The number of ether oxygens (including phenoxy) is 1. The zero-order chi connectivity index (χ0) is 12.4. The average molecular weight is 250 g/mol. The minimum Gasteiger partial charge on any atom is -0.450 e. The lowest BCUT2D eigenvalue weighted by molar-refractivity contribution is 0.0574. The molecule has 0 saturated carbocycles. The van der Waals surface area contributed by atoms with E-state index in [-0.39, 0.29) is 6.61 Å². The topological polar surface area (TPSA) is 66.0 Å². The highest BCUT2D eigenvalue weighted by Crippen LogP contribution is 2.06. The number of amides is 1. The minimum atomic E-state index is -3.15. The van der Waals surface area contributed by atoms with Crippen molar-refractivity contribution < 1.29 is 22.8 Å². The van der Waals surface area contributed by atoms with Gasteiger partial charge in [-0.2, -0.15) is 0 Å². The van der Waals surface area contributed by atoms with Crippen LogP contribution in [0.1, 0.15) is 20.8 Å². The van der Waals surface area contributed by atoms with Gasteiger partial charge in [0.15, 0.2) is 0 Å². The second kappa shape index (κ2) is 8.51. The molecule has 0 aromatic carbocycles. The van der Waals surface area contributed by atoms with Crippen LogP contribution in [0.4, 0.5) is 4.79 Å². The maximum atomic E-state index is 11.3. The van der Waals surface area contributed by atoms with Crippen molar-refractivity contribution >= 4 is 15.1 Å². The van der Waals surface area contributed by atoms with Gasteiger partial charge in [-0.25, -0.2) is 4.79 Å². The van der Waals surface area contributed by atoms with E-state index in [1.54, 1.807) is 20.8 Å². The molecule has 0 aliphatic heterocycles. The average Bonchev–Trinajstić information content (AvgIpc) is 2.18. The lowest BCUT2D eigenvalue weighted by Crippen LogP contribution is -2.61. The smallest absolute Gasteiger partial charge is 0.450 e. The quantitative estimate of drug-likeness (QED) is 0.653. The number of rotatable bonds is 8. The Balaban J connectivity index is 4.51. The first-order valence-corrected chi connectivity index (χ1v) is 7.02. The molecule has 1 radical (unpaired) electrons. The molecule has 6 nitrogen and oxygen atoms in total. The Morgan fingerprint density at radius 3 is 1.88 bits per heavy atom. The van der Waals surface area contributed by atoms with Crippen molar-refractivity contribution in [2.45, 2.75) is 20.8 Å². The molecule has 0 bridgehead atoms. The Labute approximate surface area is 97.7 Å². The van der Waals surface area contributed by atoms with E-state index >= 15 is 0 Å². The van der Waals surface area contributed by atoms with E-state index in [9.17, 15) is 4.79 Å². The van der Waals surface area contributed by atoms with Crippen LogP contribution in [0, 0.1) is 6.92 Å². The van der Waals surface area contributed by atoms with Gasteiger partial charge >= 0.3 is 15.1 Å². The van der Waals surface area contributed by atoms with Crippen molar-refractivity contribution in [3.05, 3.63) is 6.92 Å². The van der Waals surface area contributed by atoms with Gasteiger partial charge < -0.3 is 18.0 Å². The van der Waals surface area contributed by atoms with E-state index < -0.39 is 15.1 Å². The summed E-state index contributed by atoms with van der Waals surface area (Å²) < 4.78 is 20.8. The second-order valence-corrected chi connectivity index (χ2v) is 4.84. The maximum absolute atomic E-state index is 11.3. The molecule has 1 amide bonds. The molecular formula is C9H20NO5Si. The Kier molecular flexibility index (Phi) is 8.17. The number of carbonyl (C=O) groups is 1. The van der Waals surface area contributed by atoms with E-state index in [0.717, 1.165) is 0 Å². The van der Waals surface area contributed by atoms with Crippen LogP contribution in [0.15, 0.2) is 0 Å². The minimum absolute atomic E-state index is 0.0423. The van der Waals surface area contributed by atoms with Gasteiger partial charge in [-0.05, 0) is 27.7 Å². The fourth-order valence-electron chi connectivity index (χ4n) is 1.06. The molecule has 0 aromatic heterocycles. The lowest BCUT2D eigenvalue weighted by atomic mass is 10.9. The van der Waals surface area contributed by atoms with Crippen molar-refractivity contribution in [2.24, 2.45) is 0 Å². The molecule has 0 aliphatic carbocycles. The summed E-state index contributed by atoms with van der Waals surface area (Å²) in [4.78, 5) is 13.8. The fourth-order valence-corrected chi connectivity index (χ4v) is 2.99. The van der Waals surface area contributed by atoms with E-state index in [4.69, 9.17) is 13.3 Å². The normalized spacial score (nSPS) is 11.2. The SMILES string of the molecule is [CH2]COC(=O)N[Si](OCC)(OCC)OCC. The van der Waals surface area contributed by atoms with E-state index in [0.29, 0.717) is 19.8 Å². The summed E-state index contributed by atoms with van der Waals surface area (Å²) in [6.45, 7) is 10.0. The van der Waals surface area contributed by atoms with Crippen molar-refractivity contribution in [3.8, 4) is 0 Å². The van der Waals surface area contributed by atoms with Crippen molar-refractivity contribution in [3.63, 3.8) is 0 Å². The number of hydrogen-bond donors (Lipinski definition) is 1. The monoisotopic (exact) mass is 250 g/mol. The molecule has 0 atom stereocenters. The van der Waals surface area contributed by atoms with Crippen LogP contribution in [-0.2, 0) is 18.0 Å². The van der Waals surface area contributed by atoms with Gasteiger partial charge in [-0.3, -0.25) is 4.98 Å². The van der Waals surface area contributed by atoms with Crippen LogP contribution >= 0.6 is 0 Å². The second-order valence-electron chi connectivity index (χ2n) is 2.62. The van der Waals surface area contributed by atoms with Gasteiger partial charge in [0.25, 0.3) is 0 Å². The molecule has 0 spiro atoms. The first-order valence-electron chi connectivity index (χ1n) is 5.30. The number of carbonyl (C=O) groups excluding carboxylic acids is 1. The van der Waals surface area contributed by atoms with Gasteiger partial charge in [-0.1, -0.05) is 0 Å². The fraction of sp³-hybridized carbons (Fsp3) is 0.778. The Hall–Kier alpha value is -0.633. The number of hydrogen-bond acceptors (Lipinski definition) is 5. The van der Waals surface area contributed by atoms with Gasteiger partial charge in [0.1, 0.15) is 0 Å². The van der Waals surface area contributed by atoms with E-state index in [1.807, 2.05) is 0 Å². The predicted molar refractivity (Wildman–Crippen MR) is 60.5 cm³/mol.